The molecule has 0 aliphatic carbocycles. The van der Waals surface area contributed by atoms with Crippen molar-refractivity contribution in [2.45, 2.75) is 6.92 Å². The smallest absolute Gasteiger partial charge is 0.317 e. The second-order valence-electron chi connectivity index (χ2n) is 6.58. The van der Waals surface area contributed by atoms with Gasteiger partial charge in [0, 0.05) is 52.4 Å². The lowest BCUT2D eigenvalue weighted by Crippen LogP contribution is -2.48. The molecule has 0 aromatic heterocycles. The van der Waals surface area contributed by atoms with Gasteiger partial charge in [-0.25, -0.2) is 0 Å². The van der Waals surface area contributed by atoms with Gasteiger partial charge in [-0.2, -0.15) is 0 Å². The molecule has 0 radical (unpaired) electrons. The zero-order chi connectivity index (χ0) is 21.5. The predicted octanol–water partition coefficient (Wildman–Crippen LogP) is -2.27. The first kappa shape index (κ1) is 26.1. The van der Waals surface area contributed by atoms with Gasteiger partial charge in [-0.15, -0.1) is 0 Å². The third-order valence-electron chi connectivity index (χ3n) is 4.29. The highest BCUT2D eigenvalue weighted by molar-refractivity contribution is 5.77. The molecular weight excluding hydrogens is 372 g/mol. The van der Waals surface area contributed by atoms with Gasteiger partial charge < -0.3 is 20.1 Å². The Balaban J connectivity index is 0.00000352. The Bertz CT molecular complexity index is 460. The number of carboxylic acid groups (broad SMARTS) is 2. The Morgan fingerprint density at radius 3 is 1.21 bits per heavy atom. The third kappa shape index (κ3) is 12.5. The van der Waals surface area contributed by atoms with Gasteiger partial charge in [-0.3, -0.25) is 34.0 Å². The van der Waals surface area contributed by atoms with Crippen LogP contribution in [0.3, 0.4) is 0 Å². The van der Waals surface area contributed by atoms with Crippen LogP contribution in [0.2, 0.25) is 0 Å². The highest BCUT2D eigenvalue weighted by Gasteiger charge is 2.19. The van der Waals surface area contributed by atoms with Crippen LogP contribution in [0.1, 0.15) is 6.92 Å². The van der Waals surface area contributed by atoms with Crippen molar-refractivity contribution in [3.8, 4) is 0 Å². The maximum absolute atomic E-state index is 11.5. The number of rotatable bonds is 7. The summed E-state index contributed by atoms with van der Waals surface area (Å²) in [6, 6.07) is 0. The summed E-state index contributed by atoms with van der Waals surface area (Å²) < 4.78 is 0. The molecule has 1 fully saturated rings. The molecule has 1 rings (SSSR count). The van der Waals surface area contributed by atoms with Gasteiger partial charge in [-0.05, 0) is 6.92 Å². The molecular formula is C17H32N4O7. The molecule has 1 heterocycles. The molecule has 0 spiro atoms. The minimum Gasteiger partial charge on any atom is -0.480 e. The summed E-state index contributed by atoms with van der Waals surface area (Å²) in [6.45, 7) is 7.31. The van der Waals surface area contributed by atoms with Gasteiger partial charge in [0.1, 0.15) is 12.6 Å². The van der Waals surface area contributed by atoms with Crippen molar-refractivity contribution in [2.75, 3.05) is 78.7 Å². The molecule has 3 N–H and O–H groups in total. The molecule has 0 bridgehead atoms. The summed E-state index contributed by atoms with van der Waals surface area (Å²) in [5, 5.41) is 27.6. The van der Waals surface area contributed by atoms with Gasteiger partial charge in [-0.1, -0.05) is 0 Å². The molecule has 28 heavy (non-hydrogen) atoms. The number of hydrogen-bond acceptors (Lipinski definition) is 9. The van der Waals surface area contributed by atoms with Gasteiger partial charge >= 0.3 is 11.9 Å². The van der Waals surface area contributed by atoms with Crippen molar-refractivity contribution in [1.82, 2.24) is 19.6 Å². The van der Waals surface area contributed by atoms with E-state index in [1.807, 2.05) is 11.7 Å². The Hall–Kier alpha value is -1.92. The predicted molar refractivity (Wildman–Crippen MR) is 101 cm³/mol. The van der Waals surface area contributed by atoms with Crippen LogP contribution in [0.25, 0.3) is 0 Å². The zero-order valence-electron chi connectivity index (χ0n) is 16.5. The Morgan fingerprint density at radius 1 is 0.679 bits per heavy atom. The molecule has 0 aromatic rings. The highest BCUT2D eigenvalue weighted by Crippen LogP contribution is 2.01. The quantitative estimate of drug-likeness (QED) is 0.423. The summed E-state index contributed by atoms with van der Waals surface area (Å²) in [5.41, 5.74) is 0. The number of Topliss-reactive ketones (excluding diaryl/α,β-unsaturated/α-hetero) is 1. The second kappa shape index (κ2) is 15.1. The van der Waals surface area contributed by atoms with Crippen molar-refractivity contribution >= 4 is 24.5 Å². The average molecular weight is 404 g/mol. The highest BCUT2D eigenvalue weighted by atomic mass is 16.4. The average Bonchev–Trinajstić information content (AvgIpc) is 2.62. The normalized spacial score (nSPS) is 18.9. The summed E-state index contributed by atoms with van der Waals surface area (Å²) in [6.07, 6.45) is 0. The molecule has 0 aromatic carbocycles. The first-order valence-electron chi connectivity index (χ1n) is 9.02. The molecule has 11 heteroatoms. The third-order valence-corrected chi connectivity index (χ3v) is 4.29. The van der Waals surface area contributed by atoms with E-state index in [0.717, 1.165) is 0 Å². The number of nitrogens with zero attached hydrogens (tertiary/aromatic N) is 4. The fraction of sp³-hybridized carbons (Fsp3) is 0.765. The van der Waals surface area contributed by atoms with Crippen LogP contribution < -0.4 is 0 Å². The van der Waals surface area contributed by atoms with Crippen molar-refractivity contribution in [3.05, 3.63) is 0 Å². The molecule has 11 nitrogen and oxygen atoms in total. The zero-order valence-corrected chi connectivity index (χ0v) is 16.5. The topological polar surface area (TPSA) is 142 Å². The van der Waals surface area contributed by atoms with E-state index in [9.17, 15) is 19.5 Å². The summed E-state index contributed by atoms with van der Waals surface area (Å²) >= 11 is 0. The number of aliphatic hydroxyl groups is 1. The summed E-state index contributed by atoms with van der Waals surface area (Å²) in [7, 11) is 0. The Morgan fingerprint density at radius 2 is 0.964 bits per heavy atom. The fourth-order valence-electron chi connectivity index (χ4n) is 2.89. The number of carboxylic acids is 2. The van der Waals surface area contributed by atoms with E-state index in [1.165, 1.54) is 6.92 Å². The lowest BCUT2D eigenvalue weighted by molar-refractivity contribution is -0.139. The standard InChI is InChI=1S/C16H30N4O6.CH2O/c1-14(22)10-17-2-4-18(11-15(23)24)6-8-20(13-21)9-7-19(5-3-17)12-16(25)26;1-2/h21H,2-13H2,1H3,(H,23,24)(H,25,26);1H2. The van der Waals surface area contributed by atoms with Crippen molar-refractivity contribution in [1.29, 1.82) is 0 Å². The van der Waals surface area contributed by atoms with Crippen LogP contribution in [0.5, 0.6) is 0 Å². The molecule has 1 saturated heterocycles. The van der Waals surface area contributed by atoms with Gasteiger partial charge in [0.2, 0.25) is 0 Å². The van der Waals surface area contributed by atoms with E-state index >= 15 is 0 Å². The summed E-state index contributed by atoms with van der Waals surface area (Å²) in [4.78, 5) is 48.9. The lowest BCUT2D eigenvalue weighted by Gasteiger charge is -2.32. The molecule has 162 valence electrons. The minimum absolute atomic E-state index is 0.0121. The largest absolute Gasteiger partial charge is 0.480 e. The van der Waals surface area contributed by atoms with Gasteiger partial charge in [0.15, 0.2) is 0 Å². The number of aliphatic hydroxyl groups excluding tert-OH is 1. The van der Waals surface area contributed by atoms with Gasteiger partial charge in [0.25, 0.3) is 0 Å². The van der Waals surface area contributed by atoms with Crippen LogP contribution in [0, 0.1) is 0 Å². The van der Waals surface area contributed by atoms with Crippen molar-refractivity contribution < 1.29 is 34.5 Å². The number of carbonyl (C=O) groups is 4. The van der Waals surface area contributed by atoms with Crippen LogP contribution in [0.4, 0.5) is 0 Å². The van der Waals surface area contributed by atoms with Crippen LogP contribution >= 0.6 is 0 Å². The van der Waals surface area contributed by atoms with E-state index in [1.54, 1.807) is 14.7 Å². The second-order valence-corrected chi connectivity index (χ2v) is 6.58. The number of hydrogen-bond donors (Lipinski definition) is 3. The lowest BCUT2D eigenvalue weighted by atomic mass is 10.3. The fourth-order valence-corrected chi connectivity index (χ4v) is 2.89. The molecule has 1 aliphatic rings. The minimum atomic E-state index is -0.918. The molecule has 0 unspecified atom stereocenters. The molecule has 1 aliphatic heterocycles. The van der Waals surface area contributed by atoms with Crippen molar-refractivity contribution in [3.63, 3.8) is 0 Å². The first-order chi connectivity index (χ1) is 13.3. The van der Waals surface area contributed by atoms with E-state index in [2.05, 4.69) is 0 Å². The SMILES string of the molecule is C=O.CC(=O)CN1CCN(CC(=O)O)CCN(CO)CCN(CC(=O)O)CC1. The summed E-state index contributed by atoms with van der Waals surface area (Å²) in [5.74, 6) is -1.82. The van der Waals surface area contributed by atoms with E-state index < -0.39 is 11.9 Å². The molecule has 0 amide bonds. The number of carbonyl (C=O) groups excluding carboxylic acids is 2. The van der Waals surface area contributed by atoms with Gasteiger partial charge in [0.05, 0.1) is 26.4 Å². The van der Waals surface area contributed by atoms with E-state index in [0.29, 0.717) is 52.4 Å². The maximum Gasteiger partial charge on any atom is 0.317 e. The number of aliphatic carboxylic acids is 2. The van der Waals surface area contributed by atoms with E-state index in [4.69, 9.17) is 15.0 Å². The molecule has 0 atom stereocenters. The van der Waals surface area contributed by atoms with Crippen LogP contribution in [0.15, 0.2) is 0 Å². The maximum atomic E-state index is 11.5. The Labute approximate surface area is 165 Å². The van der Waals surface area contributed by atoms with Crippen LogP contribution in [-0.2, 0) is 19.2 Å². The first-order valence-corrected chi connectivity index (χ1v) is 9.02. The van der Waals surface area contributed by atoms with Crippen LogP contribution in [-0.4, -0.2) is 138 Å². The van der Waals surface area contributed by atoms with E-state index in [-0.39, 0.29) is 32.1 Å². The molecule has 0 saturated carbocycles. The Kier molecular flexibility index (Phi) is 14.0. The van der Waals surface area contributed by atoms with Crippen molar-refractivity contribution in [2.24, 2.45) is 0 Å². The monoisotopic (exact) mass is 404 g/mol. The number of ketones is 1.